The first-order chi connectivity index (χ1) is 17.1. The molecule has 0 aromatic carbocycles. The Morgan fingerprint density at radius 1 is 0.528 bits per heavy atom. The minimum absolute atomic E-state index is 0.0476. The van der Waals surface area contributed by atoms with E-state index in [-0.39, 0.29) is 12.7 Å². The lowest BCUT2D eigenvalue weighted by molar-refractivity contribution is 0.0697. The molecular weight excluding hydrogens is 462 g/mol. The van der Waals surface area contributed by atoms with Crippen LogP contribution in [0.25, 0.3) is 0 Å². The zero-order valence-electron chi connectivity index (χ0n) is 23.5. The van der Waals surface area contributed by atoms with Crippen molar-refractivity contribution in [3.8, 4) is 0 Å². The molecule has 0 saturated carbocycles. The summed E-state index contributed by atoms with van der Waals surface area (Å²) in [7, 11) is 0. The van der Waals surface area contributed by atoms with Gasteiger partial charge in [0, 0.05) is 85.1 Å². The summed E-state index contributed by atoms with van der Waals surface area (Å²) in [5, 5.41) is 49.2. The molecular formula is C26H57N5O5. The summed E-state index contributed by atoms with van der Waals surface area (Å²) in [5.41, 5.74) is 0. The fraction of sp³-hybridized carbons (Fsp3) is 1.00. The van der Waals surface area contributed by atoms with Crippen molar-refractivity contribution in [2.45, 2.75) is 65.0 Å². The molecule has 4 unspecified atom stereocenters. The van der Waals surface area contributed by atoms with E-state index in [1.807, 2.05) is 18.7 Å². The van der Waals surface area contributed by atoms with Crippen LogP contribution in [0.4, 0.5) is 0 Å². The second kappa shape index (κ2) is 19.6. The Kier molecular flexibility index (Phi) is 18.3. The van der Waals surface area contributed by atoms with Gasteiger partial charge < -0.3 is 30.4 Å². The molecule has 0 aliphatic carbocycles. The highest BCUT2D eigenvalue weighted by molar-refractivity contribution is 4.74. The summed E-state index contributed by atoms with van der Waals surface area (Å²) in [6.07, 6.45) is 0.829. The molecule has 5 N–H and O–H groups in total. The van der Waals surface area contributed by atoms with Gasteiger partial charge in [-0.25, -0.2) is 0 Å². The van der Waals surface area contributed by atoms with Crippen molar-refractivity contribution >= 4 is 0 Å². The molecule has 1 fully saturated rings. The van der Waals surface area contributed by atoms with Crippen LogP contribution in [-0.2, 0) is 0 Å². The standard InChI is InChI=1S/C26H57N5O5/c1-23(33)19-28(10-9-27-7-5-6-8-27)11-12-29(20-24(2)34)13-14-30(21-25(3)35)15-16-31(17-18-32)22-26(4)36/h23-26,32-36H,5-22H2,1-4H3. The Labute approximate surface area is 220 Å². The first kappa shape index (κ1) is 33.6. The number of hydrogen-bond donors (Lipinski definition) is 5. The molecule has 0 amide bonds. The number of likely N-dealkylation sites (tertiary alicyclic amines) is 1. The van der Waals surface area contributed by atoms with E-state index >= 15 is 0 Å². The van der Waals surface area contributed by atoms with Crippen LogP contribution in [0.5, 0.6) is 0 Å². The summed E-state index contributed by atoms with van der Waals surface area (Å²) < 4.78 is 0. The molecule has 1 rings (SSSR count). The molecule has 36 heavy (non-hydrogen) atoms. The zero-order chi connectivity index (χ0) is 26.9. The minimum atomic E-state index is -0.460. The van der Waals surface area contributed by atoms with Crippen LogP contribution < -0.4 is 0 Å². The Morgan fingerprint density at radius 2 is 0.833 bits per heavy atom. The summed E-state index contributed by atoms with van der Waals surface area (Å²) >= 11 is 0. The van der Waals surface area contributed by atoms with Crippen LogP contribution in [-0.4, -0.2) is 179 Å². The summed E-state index contributed by atoms with van der Waals surface area (Å²) in [5.74, 6) is 0. The predicted molar refractivity (Wildman–Crippen MR) is 145 cm³/mol. The van der Waals surface area contributed by atoms with Gasteiger partial charge in [-0.05, 0) is 53.6 Å². The van der Waals surface area contributed by atoms with Crippen LogP contribution in [0.2, 0.25) is 0 Å². The van der Waals surface area contributed by atoms with Crippen molar-refractivity contribution in [1.82, 2.24) is 24.5 Å². The van der Waals surface area contributed by atoms with Gasteiger partial charge in [-0.2, -0.15) is 0 Å². The molecule has 1 aliphatic heterocycles. The Balaban J connectivity index is 2.65. The molecule has 0 aromatic rings. The predicted octanol–water partition coefficient (Wildman–Crippen LogP) is -1.19. The van der Waals surface area contributed by atoms with Crippen molar-refractivity contribution in [3.05, 3.63) is 0 Å². The molecule has 10 heteroatoms. The summed E-state index contributed by atoms with van der Waals surface area (Å²) in [6, 6.07) is 0. The van der Waals surface area contributed by atoms with Crippen molar-refractivity contribution in [3.63, 3.8) is 0 Å². The molecule has 1 heterocycles. The van der Waals surface area contributed by atoms with Gasteiger partial charge in [-0.15, -0.1) is 0 Å². The second-order valence-electron chi connectivity index (χ2n) is 10.9. The van der Waals surface area contributed by atoms with Gasteiger partial charge >= 0.3 is 0 Å². The maximum absolute atomic E-state index is 10.1. The van der Waals surface area contributed by atoms with E-state index < -0.39 is 18.3 Å². The molecule has 4 atom stereocenters. The SMILES string of the molecule is CC(O)CN(CCO)CCN(CCN(CCN(CCN1CCCC1)CC(C)O)CC(C)O)CC(C)O. The number of hydrogen-bond acceptors (Lipinski definition) is 10. The first-order valence-corrected chi connectivity index (χ1v) is 14.0. The lowest BCUT2D eigenvalue weighted by atomic mass is 10.3. The van der Waals surface area contributed by atoms with Gasteiger partial charge in [0.2, 0.25) is 0 Å². The fourth-order valence-electron chi connectivity index (χ4n) is 4.95. The van der Waals surface area contributed by atoms with Gasteiger partial charge in [-0.1, -0.05) is 0 Å². The van der Waals surface area contributed by atoms with Gasteiger partial charge in [0.1, 0.15) is 0 Å². The van der Waals surface area contributed by atoms with Crippen LogP contribution in [0.1, 0.15) is 40.5 Å². The molecule has 216 valence electrons. The Morgan fingerprint density at radius 3 is 1.14 bits per heavy atom. The average molecular weight is 520 g/mol. The van der Waals surface area contributed by atoms with Crippen LogP contribution >= 0.6 is 0 Å². The van der Waals surface area contributed by atoms with E-state index in [0.29, 0.717) is 39.3 Å². The van der Waals surface area contributed by atoms with Crippen LogP contribution in [0, 0.1) is 0 Å². The molecule has 0 radical (unpaired) electrons. The topological polar surface area (TPSA) is 117 Å². The van der Waals surface area contributed by atoms with E-state index in [2.05, 4.69) is 19.6 Å². The minimum Gasteiger partial charge on any atom is -0.395 e. The largest absolute Gasteiger partial charge is 0.395 e. The smallest absolute Gasteiger partial charge is 0.0639 e. The lowest BCUT2D eigenvalue weighted by Gasteiger charge is -2.33. The zero-order valence-corrected chi connectivity index (χ0v) is 23.5. The second-order valence-corrected chi connectivity index (χ2v) is 10.9. The molecule has 0 spiro atoms. The maximum atomic E-state index is 10.1. The number of aliphatic hydroxyl groups is 5. The monoisotopic (exact) mass is 519 g/mol. The van der Waals surface area contributed by atoms with E-state index in [1.54, 1.807) is 13.8 Å². The Bertz CT molecular complexity index is 521. The average Bonchev–Trinajstić information content (AvgIpc) is 3.29. The van der Waals surface area contributed by atoms with Gasteiger partial charge in [-0.3, -0.25) is 19.6 Å². The molecule has 10 nitrogen and oxygen atoms in total. The number of nitrogens with zero attached hydrogens (tertiary/aromatic N) is 5. The maximum Gasteiger partial charge on any atom is 0.0639 e. The number of rotatable bonds is 22. The normalized spacial score (nSPS) is 18.6. The van der Waals surface area contributed by atoms with E-state index in [0.717, 1.165) is 45.8 Å². The van der Waals surface area contributed by atoms with Crippen molar-refractivity contribution in [2.24, 2.45) is 0 Å². The van der Waals surface area contributed by atoms with Crippen LogP contribution in [0.15, 0.2) is 0 Å². The van der Waals surface area contributed by atoms with E-state index in [9.17, 15) is 25.5 Å². The van der Waals surface area contributed by atoms with Crippen molar-refractivity contribution in [1.29, 1.82) is 0 Å². The molecule has 0 aromatic heterocycles. The van der Waals surface area contributed by atoms with Gasteiger partial charge in [0.25, 0.3) is 0 Å². The summed E-state index contributed by atoms with van der Waals surface area (Å²) in [6.45, 7) is 18.9. The van der Waals surface area contributed by atoms with E-state index in [4.69, 9.17) is 0 Å². The Hall–Kier alpha value is -0.400. The molecule has 1 aliphatic rings. The number of aliphatic hydroxyl groups excluding tert-OH is 5. The van der Waals surface area contributed by atoms with Crippen molar-refractivity contribution in [2.75, 3.05) is 105 Å². The fourth-order valence-corrected chi connectivity index (χ4v) is 4.95. The first-order valence-electron chi connectivity index (χ1n) is 14.0. The van der Waals surface area contributed by atoms with E-state index in [1.165, 1.54) is 25.9 Å². The lowest BCUT2D eigenvalue weighted by Crippen LogP contribution is -2.47. The van der Waals surface area contributed by atoms with Gasteiger partial charge in [0.15, 0.2) is 0 Å². The third-order valence-corrected chi connectivity index (χ3v) is 6.63. The van der Waals surface area contributed by atoms with Crippen LogP contribution in [0.3, 0.4) is 0 Å². The van der Waals surface area contributed by atoms with Crippen molar-refractivity contribution < 1.29 is 25.5 Å². The molecule has 1 saturated heterocycles. The highest BCUT2D eigenvalue weighted by Crippen LogP contribution is 2.07. The molecule has 0 bridgehead atoms. The highest BCUT2D eigenvalue weighted by Gasteiger charge is 2.18. The summed E-state index contributed by atoms with van der Waals surface area (Å²) in [4.78, 5) is 11.4. The van der Waals surface area contributed by atoms with Gasteiger partial charge in [0.05, 0.1) is 31.0 Å². The third kappa shape index (κ3) is 17.2. The third-order valence-electron chi connectivity index (χ3n) is 6.63. The highest BCUT2D eigenvalue weighted by atomic mass is 16.3. The quantitative estimate of drug-likeness (QED) is 0.119.